The molecule has 39 heavy (non-hydrogen) atoms. The average Bonchev–Trinajstić information content (AvgIpc) is 3.63. The Bertz CT molecular complexity index is 1310. The molecule has 1 spiro atoms. The minimum Gasteiger partial charge on any atom is -0.497 e. The SMILES string of the molecule is COC(=O)C[C@H](Cc1ccc(Br)cc1)C(=O)O[C@@H]1C(OC)=C[C@]23CCCN2CCc2cc4c(cc2[C@H]13)OCO4. The minimum atomic E-state index is -0.699. The van der Waals surface area contributed by atoms with Gasteiger partial charge in [-0.25, -0.2) is 0 Å². The molecule has 0 bridgehead atoms. The summed E-state index contributed by atoms with van der Waals surface area (Å²) in [5.74, 6) is 0.353. The van der Waals surface area contributed by atoms with Crippen molar-refractivity contribution in [2.24, 2.45) is 5.92 Å². The number of nitrogens with zero attached hydrogens (tertiary/aromatic N) is 1. The van der Waals surface area contributed by atoms with Crippen LogP contribution in [0.15, 0.2) is 52.7 Å². The van der Waals surface area contributed by atoms with E-state index in [0.717, 1.165) is 53.7 Å². The van der Waals surface area contributed by atoms with Crippen molar-refractivity contribution in [3.8, 4) is 11.5 Å². The fourth-order valence-electron chi connectivity index (χ4n) is 6.74. The molecule has 0 unspecified atom stereocenters. The Morgan fingerprint density at radius 3 is 2.64 bits per heavy atom. The second kappa shape index (κ2) is 10.5. The van der Waals surface area contributed by atoms with Crippen molar-refractivity contribution in [2.75, 3.05) is 34.1 Å². The Morgan fingerprint density at radius 1 is 1.13 bits per heavy atom. The van der Waals surface area contributed by atoms with Crippen LogP contribution >= 0.6 is 15.9 Å². The summed E-state index contributed by atoms with van der Waals surface area (Å²) >= 11 is 3.45. The van der Waals surface area contributed by atoms with Crippen LogP contribution in [-0.2, 0) is 36.6 Å². The highest BCUT2D eigenvalue weighted by Crippen LogP contribution is 2.55. The van der Waals surface area contributed by atoms with Gasteiger partial charge >= 0.3 is 11.9 Å². The molecule has 1 saturated heterocycles. The lowest BCUT2D eigenvalue weighted by atomic mass is 9.77. The maximum atomic E-state index is 13.9. The van der Waals surface area contributed by atoms with Crippen LogP contribution in [0, 0.1) is 5.92 Å². The van der Waals surface area contributed by atoms with E-state index in [-0.39, 0.29) is 24.7 Å². The number of methoxy groups -OCH3 is 2. The zero-order chi connectivity index (χ0) is 27.1. The molecule has 1 aliphatic carbocycles. The van der Waals surface area contributed by atoms with Crippen LogP contribution in [0.4, 0.5) is 0 Å². The predicted octanol–water partition coefficient (Wildman–Crippen LogP) is 4.53. The molecule has 2 aromatic rings. The molecule has 4 atom stereocenters. The second-order valence-electron chi connectivity index (χ2n) is 10.6. The van der Waals surface area contributed by atoms with Crippen molar-refractivity contribution < 1.29 is 33.3 Å². The lowest BCUT2D eigenvalue weighted by Crippen LogP contribution is -2.47. The van der Waals surface area contributed by atoms with Gasteiger partial charge in [0.05, 0.1) is 38.0 Å². The molecule has 3 heterocycles. The lowest BCUT2D eigenvalue weighted by Gasteiger charge is -2.39. The Balaban J connectivity index is 1.36. The Hall–Kier alpha value is -3.04. The molecule has 1 fully saturated rings. The molecular formula is C30H32BrNO7. The molecule has 0 aromatic heterocycles. The van der Waals surface area contributed by atoms with Gasteiger partial charge in [-0.1, -0.05) is 28.1 Å². The molecule has 3 aliphatic heterocycles. The molecule has 0 N–H and O–H groups in total. The Labute approximate surface area is 236 Å². The van der Waals surface area contributed by atoms with Gasteiger partial charge in [0, 0.05) is 11.0 Å². The molecular weight excluding hydrogens is 566 g/mol. The lowest BCUT2D eigenvalue weighted by molar-refractivity contribution is -0.159. The van der Waals surface area contributed by atoms with E-state index in [0.29, 0.717) is 17.9 Å². The van der Waals surface area contributed by atoms with Gasteiger partial charge in [-0.05, 0) is 79.3 Å². The molecule has 0 amide bonds. The summed E-state index contributed by atoms with van der Waals surface area (Å²) in [6.07, 6.45) is 4.70. The summed E-state index contributed by atoms with van der Waals surface area (Å²) in [7, 11) is 2.96. The number of ether oxygens (including phenoxy) is 5. The van der Waals surface area contributed by atoms with Crippen LogP contribution in [0.3, 0.4) is 0 Å². The van der Waals surface area contributed by atoms with Crippen LogP contribution in [0.25, 0.3) is 0 Å². The van der Waals surface area contributed by atoms with Gasteiger partial charge in [-0.2, -0.15) is 0 Å². The smallest absolute Gasteiger partial charge is 0.310 e. The Morgan fingerprint density at radius 2 is 1.90 bits per heavy atom. The van der Waals surface area contributed by atoms with Crippen molar-refractivity contribution in [1.82, 2.24) is 4.90 Å². The first-order valence-corrected chi connectivity index (χ1v) is 14.2. The van der Waals surface area contributed by atoms with Gasteiger partial charge in [0.2, 0.25) is 6.79 Å². The van der Waals surface area contributed by atoms with E-state index in [2.05, 4.69) is 39.0 Å². The summed E-state index contributed by atoms with van der Waals surface area (Å²) in [6.45, 7) is 2.07. The van der Waals surface area contributed by atoms with E-state index in [1.165, 1.54) is 12.7 Å². The van der Waals surface area contributed by atoms with Gasteiger partial charge in [0.25, 0.3) is 0 Å². The quantitative estimate of drug-likeness (QED) is 0.431. The van der Waals surface area contributed by atoms with Crippen molar-refractivity contribution in [3.05, 3.63) is 69.4 Å². The first kappa shape index (κ1) is 26.2. The topological polar surface area (TPSA) is 83.5 Å². The first-order chi connectivity index (χ1) is 18.9. The van der Waals surface area contributed by atoms with E-state index < -0.39 is 24.0 Å². The average molecular weight is 598 g/mol. The number of halogens is 1. The maximum absolute atomic E-state index is 13.9. The number of rotatable bonds is 7. The molecule has 8 nitrogen and oxygen atoms in total. The van der Waals surface area contributed by atoms with Crippen LogP contribution in [0.1, 0.15) is 41.9 Å². The van der Waals surface area contributed by atoms with E-state index in [1.54, 1.807) is 7.11 Å². The fourth-order valence-corrected chi connectivity index (χ4v) is 7.01. The molecule has 2 aromatic carbocycles. The molecule has 4 aliphatic rings. The third-order valence-corrected chi connectivity index (χ3v) is 9.11. The van der Waals surface area contributed by atoms with Gasteiger partial charge in [0.15, 0.2) is 17.6 Å². The number of hydrogen-bond donors (Lipinski definition) is 0. The molecule has 0 saturated carbocycles. The summed E-state index contributed by atoms with van der Waals surface area (Å²) in [4.78, 5) is 28.7. The second-order valence-corrected chi connectivity index (χ2v) is 11.5. The largest absolute Gasteiger partial charge is 0.497 e. The highest BCUT2D eigenvalue weighted by Gasteiger charge is 2.58. The fraction of sp³-hybridized carbons (Fsp3) is 0.467. The van der Waals surface area contributed by atoms with Crippen LogP contribution < -0.4 is 9.47 Å². The first-order valence-electron chi connectivity index (χ1n) is 13.4. The summed E-state index contributed by atoms with van der Waals surface area (Å²) in [5.41, 5.74) is 2.88. The van der Waals surface area contributed by atoms with Crippen LogP contribution in [0.5, 0.6) is 11.5 Å². The van der Waals surface area contributed by atoms with Gasteiger partial charge < -0.3 is 23.7 Å². The van der Waals surface area contributed by atoms with Crippen LogP contribution in [0.2, 0.25) is 0 Å². The molecule has 6 rings (SSSR count). The number of benzene rings is 2. The molecule has 206 valence electrons. The molecule has 9 heteroatoms. The van der Waals surface area contributed by atoms with Crippen molar-refractivity contribution in [3.63, 3.8) is 0 Å². The zero-order valence-corrected chi connectivity index (χ0v) is 23.7. The zero-order valence-electron chi connectivity index (χ0n) is 22.1. The van der Waals surface area contributed by atoms with Crippen molar-refractivity contribution >= 4 is 27.9 Å². The predicted molar refractivity (Wildman–Crippen MR) is 145 cm³/mol. The minimum absolute atomic E-state index is 0.0681. The highest BCUT2D eigenvalue weighted by atomic mass is 79.9. The number of fused-ring (bicyclic) bond motifs is 3. The number of hydrogen-bond acceptors (Lipinski definition) is 8. The van der Waals surface area contributed by atoms with Crippen LogP contribution in [-0.4, -0.2) is 62.6 Å². The monoisotopic (exact) mass is 597 g/mol. The maximum Gasteiger partial charge on any atom is 0.310 e. The van der Waals surface area contributed by atoms with Gasteiger partial charge in [-0.15, -0.1) is 0 Å². The Kier molecular flexibility index (Phi) is 7.05. The summed E-state index contributed by atoms with van der Waals surface area (Å²) < 4.78 is 29.6. The standard InChI is InChI=1S/C30H32BrNO7/c1-35-25-16-30-9-3-10-32(30)11-8-19-13-23-24(38-17-37-23)15-22(19)27(30)28(25)39-29(34)20(14-26(33)36-2)12-18-4-6-21(31)7-5-18/h4-7,13,15-16,20,27-28H,3,8-12,14,17H2,1-2H3/t20-,27+,28+,30-/m0/s1. The van der Waals surface area contributed by atoms with Gasteiger partial charge in [-0.3, -0.25) is 14.5 Å². The van der Waals surface area contributed by atoms with E-state index in [4.69, 9.17) is 23.7 Å². The van der Waals surface area contributed by atoms with E-state index >= 15 is 0 Å². The third-order valence-electron chi connectivity index (χ3n) is 8.58. The normalized spacial score (nSPS) is 25.6. The molecule has 0 radical (unpaired) electrons. The van der Waals surface area contributed by atoms with Crippen molar-refractivity contribution in [1.29, 1.82) is 0 Å². The number of carbonyl (C=O) groups is 2. The summed E-state index contributed by atoms with van der Waals surface area (Å²) in [5, 5.41) is 0. The van der Waals surface area contributed by atoms with E-state index in [9.17, 15) is 9.59 Å². The van der Waals surface area contributed by atoms with Gasteiger partial charge in [0.1, 0.15) is 5.76 Å². The highest BCUT2D eigenvalue weighted by molar-refractivity contribution is 9.10. The number of esters is 2. The number of carbonyl (C=O) groups excluding carboxylic acids is 2. The van der Waals surface area contributed by atoms with Crippen molar-refractivity contribution in [2.45, 2.75) is 49.7 Å². The van der Waals surface area contributed by atoms with E-state index in [1.807, 2.05) is 24.3 Å². The third kappa shape index (κ3) is 4.69. The summed E-state index contributed by atoms with van der Waals surface area (Å²) in [6, 6.07) is 11.9.